The number of amides is 1. The van der Waals surface area contributed by atoms with E-state index < -0.39 is 6.10 Å². The summed E-state index contributed by atoms with van der Waals surface area (Å²) in [6.07, 6.45) is 1.34. The van der Waals surface area contributed by atoms with Gasteiger partial charge in [0.05, 0.1) is 6.10 Å². The lowest BCUT2D eigenvalue weighted by Crippen LogP contribution is -2.22. The molecule has 0 heterocycles. The predicted octanol–water partition coefficient (Wildman–Crippen LogP) is 2.64. The third-order valence-electron chi connectivity index (χ3n) is 3.04. The number of carbonyl (C=O) groups is 1. The maximum absolute atomic E-state index is 11.3. The number of aliphatic hydroxyl groups is 1. The van der Waals surface area contributed by atoms with Crippen molar-refractivity contribution in [2.75, 3.05) is 6.54 Å². The lowest BCUT2D eigenvalue weighted by Gasteiger charge is -2.14. The van der Waals surface area contributed by atoms with E-state index in [4.69, 9.17) is 0 Å². The van der Waals surface area contributed by atoms with E-state index in [0.29, 0.717) is 25.8 Å². The van der Waals surface area contributed by atoms with Crippen LogP contribution >= 0.6 is 0 Å². The molecule has 1 aromatic carbocycles. The van der Waals surface area contributed by atoms with Gasteiger partial charge >= 0.3 is 0 Å². The van der Waals surface area contributed by atoms with Crippen LogP contribution in [-0.4, -0.2) is 17.6 Å². The van der Waals surface area contributed by atoms with E-state index in [0.717, 1.165) is 11.1 Å². The molecule has 0 bridgehead atoms. The molecule has 1 aromatic rings. The minimum Gasteiger partial charge on any atom is -0.388 e. The fourth-order valence-electron chi connectivity index (χ4n) is 2.10. The van der Waals surface area contributed by atoms with Crippen LogP contribution in [-0.2, 0) is 4.79 Å². The Balaban J connectivity index is 2.45. The molecular weight excluding hydrogens is 226 g/mol. The first-order valence-corrected chi connectivity index (χ1v) is 6.56. The molecule has 0 aliphatic heterocycles. The van der Waals surface area contributed by atoms with Gasteiger partial charge in [0.15, 0.2) is 0 Å². The average Bonchev–Trinajstić information content (AvgIpc) is 2.29. The molecule has 100 valence electrons. The SMILES string of the molecule is CCNC(=O)CCCC(O)c1ccc(C)cc1C. The van der Waals surface area contributed by atoms with E-state index in [1.807, 2.05) is 32.9 Å². The van der Waals surface area contributed by atoms with Gasteiger partial charge in [-0.3, -0.25) is 4.79 Å². The third kappa shape index (κ3) is 4.49. The highest BCUT2D eigenvalue weighted by Gasteiger charge is 2.11. The summed E-state index contributed by atoms with van der Waals surface area (Å²) < 4.78 is 0. The topological polar surface area (TPSA) is 49.3 Å². The Hall–Kier alpha value is -1.35. The van der Waals surface area contributed by atoms with Crippen LogP contribution in [0.2, 0.25) is 0 Å². The zero-order chi connectivity index (χ0) is 13.5. The van der Waals surface area contributed by atoms with Gasteiger partial charge < -0.3 is 10.4 Å². The Morgan fingerprint density at radius 1 is 1.39 bits per heavy atom. The van der Waals surface area contributed by atoms with Crippen molar-refractivity contribution >= 4 is 5.91 Å². The van der Waals surface area contributed by atoms with E-state index in [9.17, 15) is 9.90 Å². The fraction of sp³-hybridized carbons (Fsp3) is 0.533. The average molecular weight is 249 g/mol. The van der Waals surface area contributed by atoms with Crippen molar-refractivity contribution in [1.29, 1.82) is 0 Å². The monoisotopic (exact) mass is 249 g/mol. The summed E-state index contributed by atoms with van der Waals surface area (Å²) in [7, 11) is 0. The van der Waals surface area contributed by atoms with Crippen LogP contribution in [0.1, 0.15) is 49.0 Å². The van der Waals surface area contributed by atoms with Crippen LogP contribution in [0.25, 0.3) is 0 Å². The number of hydrogen-bond acceptors (Lipinski definition) is 2. The van der Waals surface area contributed by atoms with Gasteiger partial charge in [0.2, 0.25) is 5.91 Å². The van der Waals surface area contributed by atoms with Gasteiger partial charge in [0, 0.05) is 13.0 Å². The molecule has 0 aliphatic carbocycles. The van der Waals surface area contributed by atoms with Crippen molar-refractivity contribution in [3.05, 3.63) is 34.9 Å². The van der Waals surface area contributed by atoms with Gasteiger partial charge in [-0.25, -0.2) is 0 Å². The molecular formula is C15H23NO2. The van der Waals surface area contributed by atoms with Crippen LogP contribution in [0, 0.1) is 13.8 Å². The second-order valence-electron chi connectivity index (χ2n) is 4.72. The molecule has 1 atom stereocenters. The Morgan fingerprint density at radius 2 is 2.11 bits per heavy atom. The van der Waals surface area contributed by atoms with E-state index in [1.165, 1.54) is 5.56 Å². The Bertz CT molecular complexity index is 401. The molecule has 0 aromatic heterocycles. The molecule has 0 saturated heterocycles. The smallest absolute Gasteiger partial charge is 0.219 e. The van der Waals surface area contributed by atoms with Gasteiger partial charge in [-0.1, -0.05) is 23.8 Å². The molecule has 2 N–H and O–H groups in total. The van der Waals surface area contributed by atoms with Gasteiger partial charge in [-0.15, -0.1) is 0 Å². The highest BCUT2D eigenvalue weighted by molar-refractivity contribution is 5.75. The number of aryl methyl sites for hydroxylation is 2. The summed E-state index contributed by atoms with van der Waals surface area (Å²) in [5.41, 5.74) is 3.28. The van der Waals surface area contributed by atoms with Crippen LogP contribution in [0.5, 0.6) is 0 Å². The highest BCUT2D eigenvalue weighted by Crippen LogP contribution is 2.23. The molecule has 3 heteroatoms. The molecule has 1 unspecified atom stereocenters. The quantitative estimate of drug-likeness (QED) is 0.814. The molecule has 0 saturated carbocycles. The number of aliphatic hydroxyl groups excluding tert-OH is 1. The second kappa shape index (κ2) is 7.17. The predicted molar refractivity (Wildman–Crippen MR) is 73.4 cm³/mol. The third-order valence-corrected chi connectivity index (χ3v) is 3.04. The highest BCUT2D eigenvalue weighted by atomic mass is 16.3. The lowest BCUT2D eigenvalue weighted by atomic mass is 9.97. The molecule has 1 rings (SSSR count). The van der Waals surface area contributed by atoms with Crippen molar-refractivity contribution in [2.24, 2.45) is 0 Å². The normalized spacial score (nSPS) is 12.2. The molecule has 0 radical (unpaired) electrons. The van der Waals surface area contributed by atoms with Crippen LogP contribution in [0.15, 0.2) is 18.2 Å². The second-order valence-corrected chi connectivity index (χ2v) is 4.72. The number of benzene rings is 1. The minimum absolute atomic E-state index is 0.0605. The van der Waals surface area contributed by atoms with E-state index in [2.05, 4.69) is 11.4 Å². The summed E-state index contributed by atoms with van der Waals surface area (Å²) in [5.74, 6) is 0.0605. The number of carbonyl (C=O) groups excluding carboxylic acids is 1. The summed E-state index contributed by atoms with van der Waals surface area (Å²) in [5, 5.41) is 12.9. The number of nitrogens with one attached hydrogen (secondary N) is 1. The molecule has 3 nitrogen and oxygen atoms in total. The molecule has 1 amide bonds. The summed E-state index contributed by atoms with van der Waals surface area (Å²) in [6.45, 7) is 6.62. The van der Waals surface area contributed by atoms with Gasteiger partial charge in [-0.05, 0) is 44.7 Å². The van der Waals surface area contributed by atoms with Crippen molar-refractivity contribution in [3.63, 3.8) is 0 Å². The summed E-state index contributed by atoms with van der Waals surface area (Å²) in [6, 6.07) is 6.05. The van der Waals surface area contributed by atoms with Gasteiger partial charge in [-0.2, -0.15) is 0 Å². The van der Waals surface area contributed by atoms with E-state index in [1.54, 1.807) is 0 Å². The maximum atomic E-state index is 11.3. The summed E-state index contributed by atoms with van der Waals surface area (Å²) >= 11 is 0. The van der Waals surface area contributed by atoms with Crippen molar-refractivity contribution in [3.8, 4) is 0 Å². The van der Waals surface area contributed by atoms with Crippen LogP contribution in [0.3, 0.4) is 0 Å². The molecule has 0 fully saturated rings. The first-order valence-electron chi connectivity index (χ1n) is 6.56. The molecule has 0 aliphatic rings. The largest absolute Gasteiger partial charge is 0.388 e. The van der Waals surface area contributed by atoms with Crippen molar-refractivity contribution < 1.29 is 9.90 Å². The zero-order valence-electron chi connectivity index (χ0n) is 11.5. The standard InChI is InChI=1S/C15H23NO2/c1-4-16-15(18)7-5-6-14(17)13-9-8-11(2)10-12(13)3/h8-10,14,17H,4-7H2,1-3H3,(H,16,18). The molecule has 0 spiro atoms. The first kappa shape index (κ1) is 14.7. The van der Waals surface area contributed by atoms with Gasteiger partial charge in [0.1, 0.15) is 0 Å². The Kier molecular flexibility index (Phi) is 5.86. The lowest BCUT2D eigenvalue weighted by molar-refractivity contribution is -0.121. The number of rotatable bonds is 6. The Labute approximate surface area is 109 Å². The fourth-order valence-corrected chi connectivity index (χ4v) is 2.10. The van der Waals surface area contributed by atoms with Crippen LogP contribution in [0.4, 0.5) is 0 Å². The van der Waals surface area contributed by atoms with E-state index in [-0.39, 0.29) is 5.91 Å². The first-order chi connectivity index (χ1) is 8.54. The zero-order valence-corrected chi connectivity index (χ0v) is 11.5. The molecule has 18 heavy (non-hydrogen) atoms. The van der Waals surface area contributed by atoms with Crippen LogP contribution < -0.4 is 5.32 Å². The van der Waals surface area contributed by atoms with Crippen molar-refractivity contribution in [1.82, 2.24) is 5.32 Å². The van der Waals surface area contributed by atoms with Crippen molar-refractivity contribution in [2.45, 2.75) is 46.1 Å². The Morgan fingerprint density at radius 3 is 2.72 bits per heavy atom. The minimum atomic E-state index is -0.472. The summed E-state index contributed by atoms with van der Waals surface area (Å²) in [4.78, 5) is 11.3. The van der Waals surface area contributed by atoms with Gasteiger partial charge in [0.25, 0.3) is 0 Å². The number of hydrogen-bond donors (Lipinski definition) is 2. The maximum Gasteiger partial charge on any atom is 0.219 e. The van der Waals surface area contributed by atoms with E-state index >= 15 is 0 Å².